The Bertz CT molecular complexity index is 352. The highest BCUT2D eigenvalue weighted by molar-refractivity contribution is 5.69. The van der Waals surface area contributed by atoms with Crippen LogP contribution < -0.4 is 0 Å². The molecule has 0 amide bonds. The quantitative estimate of drug-likeness (QED) is 0.819. The van der Waals surface area contributed by atoms with Crippen LogP contribution in [0.1, 0.15) is 59.3 Å². The zero-order valence-corrected chi connectivity index (χ0v) is 14.7. The maximum atomic E-state index is 10.9. The van der Waals surface area contributed by atoms with E-state index < -0.39 is 5.97 Å². The van der Waals surface area contributed by atoms with E-state index >= 15 is 0 Å². The monoisotopic (exact) mass is 310 g/mol. The number of piperidine rings is 1. The summed E-state index contributed by atoms with van der Waals surface area (Å²) >= 11 is 0. The molecule has 22 heavy (non-hydrogen) atoms. The minimum Gasteiger partial charge on any atom is -0.480 e. The van der Waals surface area contributed by atoms with Gasteiger partial charge in [-0.1, -0.05) is 20.8 Å². The van der Waals surface area contributed by atoms with Crippen molar-refractivity contribution < 1.29 is 9.90 Å². The van der Waals surface area contributed by atoms with Crippen LogP contribution in [0.4, 0.5) is 0 Å². The van der Waals surface area contributed by atoms with E-state index in [0.717, 1.165) is 38.4 Å². The van der Waals surface area contributed by atoms with E-state index in [0.29, 0.717) is 11.5 Å². The Morgan fingerprint density at radius 1 is 1.18 bits per heavy atom. The molecule has 128 valence electrons. The van der Waals surface area contributed by atoms with Gasteiger partial charge in [-0.05, 0) is 69.5 Å². The summed E-state index contributed by atoms with van der Waals surface area (Å²) in [5, 5.41) is 9.00. The molecule has 0 unspecified atom stereocenters. The van der Waals surface area contributed by atoms with E-state index in [1.807, 2.05) is 0 Å². The second kappa shape index (κ2) is 7.78. The lowest BCUT2D eigenvalue weighted by Gasteiger charge is -2.41. The molecule has 0 bridgehead atoms. The van der Waals surface area contributed by atoms with Crippen molar-refractivity contribution in [3.8, 4) is 0 Å². The number of hydrogen-bond donors (Lipinski definition) is 1. The third kappa shape index (κ3) is 5.24. The molecule has 1 N–H and O–H groups in total. The van der Waals surface area contributed by atoms with Crippen molar-refractivity contribution >= 4 is 5.97 Å². The van der Waals surface area contributed by atoms with E-state index in [1.165, 1.54) is 32.2 Å². The minimum absolute atomic E-state index is 0.193. The number of carbonyl (C=O) groups is 1. The highest BCUT2D eigenvalue weighted by Gasteiger charge is 2.30. The highest BCUT2D eigenvalue weighted by Crippen LogP contribution is 2.38. The molecule has 4 nitrogen and oxygen atoms in total. The van der Waals surface area contributed by atoms with Crippen molar-refractivity contribution in [3.63, 3.8) is 0 Å². The molecular formula is C18H34N2O2. The van der Waals surface area contributed by atoms with E-state index in [4.69, 9.17) is 5.11 Å². The largest absolute Gasteiger partial charge is 0.480 e. The maximum Gasteiger partial charge on any atom is 0.317 e. The van der Waals surface area contributed by atoms with Gasteiger partial charge >= 0.3 is 5.97 Å². The summed E-state index contributed by atoms with van der Waals surface area (Å²) in [6, 6.07) is 0.461. The fraction of sp³-hybridized carbons (Fsp3) is 0.944. The van der Waals surface area contributed by atoms with Gasteiger partial charge in [-0.15, -0.1) is 0 Å². The van der Waals surface area contributed by atoms with Gasteiger partial charge in [0.15, 0.2) is 0 Å². The molecule has 0 aromatic carbocycles. The van der Waals surface area contributed by atoms with Gasteiger partial charge in [0.25, 0.3) is 0 Å². The Labute approximate surface area is 135 Å². The molecular weight excluding hydrogens is 276 g/mol. The van der Waals surface area contributed by atoms with Crippen LogP contribution in [-0.2, 0) is 4.79 Å². The second-order valence-electron chi connectivity index (χ2n) is 8.10. The van der Waals surface area contributed by atoms with Crippen molar-refractivity contribution in [1.29, 1.82) is 0 Å². The molecule has 1 aliphatic heterocycles. The summed E-state index contributed by atoms with van der Waals surface area (Å²) in [4.78, 5) is 15.7. The second-order valence-corrected chi connectivity index (χ2v) is 8.10. The van der Waals surface area contributed by atoms with Crippen LogP contribution in [0.3, 0.4) is 0 Å². The summed E-state index contributed by atoms with van der Waals surface area (Å²) in [6.45, 7) is 11.4. The maximum absolute atomic E-state index is 10.9. The first kappa shape index (κ1) is 17.7. The molecule has 1 heterocycles. The van der Waals surface area contributed by atoms with Gasteiger partial charge in [0, 0.05) is 12.6 Å². The van der Waals surface area contributed by atoms with Gasteiger partial charge < -0.3 is 10.0 Å². The van der Waals surface area contributed by atoms with Gasteiger partial charge in [0.1, 0.15) is 0 Å². The third-order valence-corrected chi connectivity index (χ3v) is 5.79. The van der Waals surface area contributed by atoms with E-state index in [9.17, 15) is 4.79 Å². The summed E-state index contributed by atoms with van der Waals surface area (Å²) in [5.41, 5.74) is 0.557. The molecule has 2 rings (SSSR count). The molecule has 2 fully saturated rings. The van der Waals surface area contributed by atoms with Crippen LogP contribution >= 0.6 is 0 Å². The van der Waals surface area contributed by atoms with Crippen LogP contribution in [0.2, 0.25) is 0 Å². The first-order chi connectivity index (χ1) is 10.4. The van der Waals surface area contributed by atoms with Crippen molar-refractivity contribution in [2.24, 2.45) is 11.3 Å². The van der Waals surface area contributed by atoms with Crippen LogP contribution in [-0.4, -0.2) is 59.6 Å². The molecule has 0 atom stereocenters. The van der Waals surface area contributed by atoms with Gasteiger partial charge in [0.2, 0.25) is 0 Å². The predicted molar refractivity (Wildman–Crippen MR) is 90.1 cm³/mol. The van der Waals surface area contributed by atoms with E-state index in [1.54, 1.807) is 0 Å². The third-order valence-electron chi connectivity index (χ3n) is 5.79. The molecule has 0 radical (unpaired) electrons. The predicted octanol–water partition coefficient (Wildman–Crippen LogP) is 3.07. The van der Waals surface area contributed by atoms with Crippen LogP contribution in [0.15, 0.2) is 0 Å². The summed E-state index contributed by atoms with van der Waals surface area (Å²) in [5.74, 6) is 0.181. The Balaban J connectivity index is 1.72. The summed E-state index contributed by atoms with van der Waals surface area (Å²) < 4.78 is 0. The smallest absolute Gasteiger partial charge is 0.317 e. The number of likely N-dealkylation sites (tertiary alicyclic amines) is 1. The number of carboxylic acid groups (broad SMARTS) is 1. The fourth-order valence-electron chi connectivity index (χ4n) is 4.15. The molecule has 1 aliphatic carbocycles. The molecule has 1 saturated carbocycles. The number of rotatable bonds is 6. The Morgan fingerprint density at radius 2 is 1.77 bits per heavy atom. The lowest BCUT2D eigenvalue weighted by atomic mass is 9.73. The number of nitrogens with zero attached hydrogens (tertiary/aromatic N) is 2. The van der Waals surface area contributed by atoms with Gasteiger partial charge in [-0.25, -0.2) is 0 Å². The van der Waals surface area contributed by atoms with Crippen LogP contribution in [0, 0.1) is 11.3 Å². The topological polar surface area (TPSA) is 43.8 Å². The number of aliphatic carboxylic acids is 1. The van der Waals surface area contributed by atoms with Crippen molar-refractivity contribution in [2.45, 2.75) is 65.3 Å². The Morgan fingerprint density at radius 3 is 2.27 bits per heavy atom. The van der Waals surface area contributed by atoms with Gasteiger partial charge in [-0.2, -0.15) is 0 Å². The Hall–Kier alpha value is -0.610. The normalized spacial score (nSPS) is 24.7. The van der Waals surface area contributed by atoms with Crippen molar-refractivity contribution in [1.82, 2.24) is 9.80 Å². The zero-order chi connectivity index (χ0) is 16.2. The lowest BCUT2D eigenvalue weighted by molar-refractivity contribution is -0.139. The lowest BCUT2D eigenvalue weighted by Crippen LogP contribution is -2.47. The first-order valence-electron chi connectivity index (χ1n) is 9.08. The molecule has 0 aromatic rings. The number of carboxylic acids is 1. The van der Waals surface area contributed by atoms with Crippen LogP contribution in [0.25, 0.3) is 0 Å². The SMILES string of the molecule is CCN(CC(=O)O)C1CCN(CC2CCC(C)(C)CC2)CC1. The molecule has 2 aliphatic rings. The summed E-state index contributed by atoms with van der Waals surface area (Å²) in [7, 11) is 0. The zero-order valence-electron chi connectivity index (χ0n) is 14.7. The van der Waals surface area contributed by atoms with E-state index in [2.05, 4.69) is 30.6 Å². The standard InChI is InChI=1S/C18H34N2O2/c1-4-20(14-17(21)22)16-7-11-19(12-8-16)13-15-5-9-18(2,3)10-6-15/h15-16H,4-14H2,1-3H3,(H,21,22). The van der Waals surface area contributed by atoms with Crippen LogP contribution in [0.5, 0.6) is 0 Å². The van der Waals surface area contributed by atoms with Crippen molar-refractivity contribution in [2.75, 3.05) is 32.7 Å². The number of likely N-dealkylation sites (N-methyl/N-ethyl adjacent to an activating group) is 1. The highest BCUT2D eigenvalue weighted by atomic mass is 16.4. The Kier molecular flexibility index (Phi) is 6.27. The van der Waals surface area contributed by atoms with Crippen molar-refractivity contribution in [3.05, 3.63) is 0 Å². The average molecular weight is 310 g/mol. The molecule has 1 saturated heterocycles. The number of hydrogen-bond acceptors (Lipinski definition) is 3. The molecule has 4 heteroatoms. The minimum atomic E-state index is -0.700. The molecule has 0 aromatic heterocycles. The average Bonchev–Trinajstić information content (AvgIpc) is 2.48. The van der Waals surface area contributed by atoms with Gasteiger partial charge in [-0.3, -0.25) is 9.69 Å². The van der Waals surface area contributed by atoms with E-state index in [-0.39, 0.29) is 6.54 Å². The first-order valence-corrected chi connectivity index (χ1v) is 9.08. The fourth-order valence-corrected chi connectivity index (χ4v) is 4.15. The van der Waals surface area contributed by atoms with Gasteiger partial charge in [0.05, 0.1) is 6.54 Å². The summed E-state index contributed by atoms with van der Waals surface area (Å²) in [6.07, 6.45) is 7.76. The molecule has 0 spiro atoms.